The summed E-state index contributed by atoms with van der Waals surface area (Å²) >= 11 is 0. The summed E-state index contributed by atoms with van der Waals surface area (Å²) in [6.45, 7) is 3.41. The van der Waals surface area contributed by atoms with Gasteiger partial charge >= 0.3 is 6.03 Å². The highest BCUT2D eigenvalue weighted by molar-refractivity contribution is 5.84. The summed E-state index contributed by atoms with van der Waals surface area (Å²) in [6, 6.07) is 14.2. The lowest BCUT2D eigenvalue weighted by Crippen LogP contribution is -2.37. The van der Waals surface area contributed by atoms with Crippen LogP contribution >= 0.6 is 0 Å². The number of carbonyl (C=O) groups is 1. The van der Waals surface area contributed by atoms with E-state index in [-0.39, 0.29) is 17.6 Å². The number of aromatic amines is 1. The summed E-state index contributed by atoms with van der Waals surface area (Å²) in [4.78, 5) is 15.2. The minimum absolute atomic E-state index is 0.210. The molecule has 3 rings (SSSR count). The number of para-hydroxylation sites is 2. The number of aromatic nitrogens is 1. The molecule has 0 unspecified atom stereocenters. The number of halogens is 1. The Bertz CT molecular complexity index is 907. The van der Waals surface area contributed by atoms with E-state index in [1.807, 2.05) is 19.1 Å². The maximum atomic E-state index is 13.4. The molecular formula is C21H24FN3O2. The van der Waals surface area contributed by atoms with Gasteiger partial charge in [-0.15, -0.1) is 0 Å². The molecule has 142 valence electrons. The molecule has 5 nitrogen and oxygen atoms in total. The van der Waals surface area contributed by atoms with Crippen molar-refractivity contribution < 1.29 is 13.9 Å². The minimum Gasteiger partial charge on any atom is -0.490 e. The Morgan fingerprint density at radius 3 is 2.67 bits per heavy atom. The molecule has 0 aliphatic heterocycles. The van der Waals surface area contributed by atoms with Crippen molar-refractivity contribution in [1.82, 2.24) is 15.6 Å². The molecule has 0 spiro atoms. The Balaban J connectivity index is 1.34. The van der Waals surface area contributed by atoms with Crippen molar-refractivity contribution in [2.24, 2.45) is 0 Å². The first kappa shape index (κ1) is 18.8. The molecule has 2 aromatic carbocycles. The second kappa shape index (κ2) is 9.07. The lowest BCUT2D eigenvalue weighted by atomic mass is 10.1. The van der Waals surface area contributed by atoms with Crippen LogP contribution in [-0.2, 0) is 6.42 Å². The monoisotopic (exact) mass is 369 g/mol. The third kappa shape index (κ3) is 5.00. The van der Waals surface area contributed by atoms with E-state index in [0.29, 0.717) is 26.1 Å². The maximum absolute atomic E-state index is 13.4. The van der Waals surface area contributed by atoms with Crippen molar-refractivity contribution in [2.75, 3.05) is 19.7 Å². The van der Waals surface area contributed by atoms with Gasteiger partial charge in [-0.1, -0.05) is 30.3 Å². The van der Waals surface area contributed by atoms with Crippen LogP contribution in [0.2, 0.25) is 0 Å². The van der Waals surface area contributed by atoms with E-state index in [1.165, 1.54) is 17.0 Å². The van der Waals surface area contributed by atoms with Gasteiger partial charge < -0.3 is 20.4 Å². The Morgan fingerprint density at radius 1 is 1.07 bits per heavy atom. The number of ether oxygens (including phenoxy) is 1. The lowest BCUT2D eigenvalue weighted by molar-refractivity contribution is 0.239. The first-order valence-corrected chi connectivity index (χ1v) is 9.10. The largest absolute Gasteiger partial charge is 0.490 e. The Labute approximate surface area is 157 Å². The number of benzene rings is 2. The van der Waals surface area contributed by atoms with E-state index in [0.717, 1.165) is 17.6 Å². The van der Waals surface area contributed by atoms with E-state index in [1.54, 1.807) is 18.2 Å². The van der Waals surface area contributed by atoms with E-state index in [2.05, 4.69) is 27.8 Å². The fourth-order valence-corrected chi connectivity index (χ4v) is 3.04. The maximum Gasteiger partial charge on any atom is 0.314 e. The van der Waals surface area contributed by atoms with Crippen LogP contribution < -0.4 is 15.4 Å². The summed E-state index contributed by atoms with van der Waals surface area (Å²) in [5, 5.41) is 6.85. The molecule has 0 atom stereocenters. The first-order valence-electron chi connectivity index (χ1n) is 9.10. The number of H-pyrrole nitrogens is 1. The van der Waals surface area contributed by atoms with Crippen molar-refractivity contribution in [1.29, 1.82) is 0 Å². The molecule has 3 N–H and O–H groups in total. The Hall–Kier alpha value is -3.02. The van der Waals surface area contributed by atoms with Gasteiger partial charge in [0.05, 0.1) is 6.61 Å². The number of hydrogen-bond donors (Lipinski definition) is 3. The lowest BCUT2D eigenvalue weighted by Gasteiger charge is -2.09. The van der Waals surface area contributed by atoms with Crippen LogP contribution in [0.25, 0.3) is 10.9 Å². The molecule has 0 bridgehead atoms. The molecule has 0 aliphatic rings. The molecule has 6 heteroatoms. The van der Waals surface area contributed by atoms with Crippen LogP contribution in [0.5, 0.6) is 5.75 Å². The summed E-state index contributed by atoms with van der Waals surface area (Å²) in [6.07, 6.45) is 1.36. The summed E-state index contributed by atoms with van der Waals surface area (Å²) in [5.74, 6) is -0.146. The Morgan fingerprint density at radius 2 is 1.81 bits per heavy atom. The normalized spacial score (nSPS) is 10.7. The smallest absolute Gasteiger partial charge is 0.314 e. The average molecular weight is 369 g/mol. The molecule has 0 aliphatic carbocycles. The molecule has 0 fully saturated rings. The van der Waals surface area contributed by atoms with Gasteiger partial charge in [-0.2, -0.15) is 0 Å². The van der Waals surface area contributed by atoms with Crippen molar-refractivity contribution in [2.45, 2.75) is 19.8 Å². The second-order valence-electron chi connectivity index (χ2n) is 6.34. The van der Waals surface area contributed by atoms with Crippen molar-refractivity contribution in [3.05, 3.63) is 65.6 Å². The molecule has 2 amide bonds. The van der Waals surface area contributed by atoms with Gasteiger partial charge in [0.25, 0.3) is 0 Å². The van der Waals surface area contributed by atoms with Gasteiger partial charge in [-0.05, 0) is 43.5 Å². The van der Waals surface area contributed by atoms with Crippen LogP contribution in [0.4, 0.5) is 9.18 Å². The first-order chi connectivity index (χ1) is 13.1. The highest BCUT2D eigenvalue weighted by Crippen LogP contribution is 2.21. The van der Waals surface area contributed by atoms with Crippen molar-refractivity contribution >= 4 is 16.9 Å². The van der Waals surface area contributed by atoms with Crippen molar-refractivity contribution in [3.8, 4) is 5.75 Å². The number of amides is 2. The molecule has 0 saturated carbocycles. The predicted octanol–water partition coefficient (Wildman–Crippen LogP) is 3.93. The molecular weight excluding hydrogens is 345 g/mol. The highest BCUT2D eigenvalue weighted by Gasteiger charge is 2.08. The van der Waals surface area contributed by atoms with Crippen LogP contribution in [0.1, 0.15) is 17.7 Å². The standard InChI is InChI=1S/C21H24FN3O2/c1-15-16(17-7-2-4-9-19(17)25-15)11-13-24-21(26)23-12-6-14-27-20-10-5-3-8-18(20)22/h2-5,7-10,25H,6,11-14H2,1H3,(H2,23,24,26). The zero-order valence-electron chi connectivity index (χ0n) is 15.3. The fraction of sp³-hybridized carbons (Fsp3) is 0.286. The summed E-state index contributed by atoms with van der Waals surface area (Å²) in [7, 11) is 0. The second-order valence-corrected chi connectivity index (χ2v) is 6.34. The van der Waals surface area contributed by atoms with Gasteiger partial charge in [-0.25, -0.2) is 9.18 Å². The zero-order valence-corrected chi connectivity index (χ0v) is 15.3. The molecule has 1 heterocycles. The predicted molar refractivity (Wildman–Crippen MR) is 105 cm³/mol. The molecule has 3 aromatic rings. The summed E-state index contributed by atoms with van der Waals surface area (Å²) < 4.78 is 18.8. The van der Waals surface area contributed by atoms with Gasteiger partial charge in [0.15, 0.2) is 11.6 Å². The number of carbonyl (C=O) groups excluding carboxylic acids is 1. The van der Waals surface area contributed by atoms with E-state index in [4.69, 9.17) is 4.74 Å². The number of aryl methyl sites for hydroxylation is 1. The zero-order chi connectivity index (χ0) is 19.1. The van der Waals surface area contributed by atoms with E-state index >= 15 is 0 Å². The number of urea groups is 1. The topological polar surface area (TPSA) is 66.2 Å². The number of fused-ring (bicyclic) bond motifs is 1. The third-order valence-corrected chi connectivity index (χ3v) is 4.39. The van der Waals surface area contributed by atoms with Gasteiger partial charge in [0.1, 0.15) is 0 Å². The third-order valence-electron chi connectivity index (χ3n) is 4.39. The summed E-state index contributed by atoms with van der Waals surface area (Å²) in [5.41, 5.74) is 3.47. The van der Waals surface area contributed by atoms with Gasteiger partial charge in [0, 0.05) is 29.7 Å². The van der Waals surface area contributed by atoms with Crippen LogP contribution in [0.3, 0.4) is 0 Å². The quantitative estimate of drug-likeness (QED) is 0.527. The number of rotatable bonds is 8. The molecule has 0 saturated heterocycles. The fourth-order valence-electron chi connectivity index (χ4n) is 3.04. The van der Waals surface area contributed by atoms with Crippen molar-refractivity contribution in [3.63, 3.8) is 0 Å². The van der Waals surface area contributed by atoms with E-state index < -0.39 is 0 Å². The molecule has 27 heavy (non-hydrogen) atoms. The SMILES string of the molecule is Cc1[nH]c2ccccc2c1CCNC(=O)NCCCOc1ccccc1F. The molecule has 0 radical (unpaired) electrons. The van der Waals surface area contributed by atoms with Gasteiger partial charge in [-0.3, -0.25) is 0 Å². The van der Waals surface area contributed by atoms with Crippen LogP contribution in [0.15, 0.2) is 48.5 Å². The minimum atomic E-state index is -0.379. The number of hydrogen-bond acceptors (Lipinski definition) is 2. The average Bonchev–Trinajstić information content (AvgIpc) is 2.98. The number of nitrogens with one attached hydrogen (secondary N) is 3. The highest BCUT2D eigenvalue weighted by atomic mass is 19.1. The van der Waals surface area contributed by atoms with Gasteiger partial charge in [0.2, 0.25) is 0 Å². The van der Waals surface area contributed by atoms with E-state index in [9.17, 15) is 9.18 Å². The van der Waals surface area contributed by atoms with Crippen LogP contribution in [0, 0.1) is 12.7 Å². The Kier molecular flexibility index (Phi) is 6.30. The van der Waals surface area contributed by atoms with Crippen LogP contribution in [-0.4, -0.2) is 30.7 Å². The molecule has 1 aromatic heterocycles.